The average Bonchev–Trinajstić information content (AvgIpc) is 2.34. The van der Waals surface area contributed by atoms with Crippen LogP contribution in [-0.4, -0.2) is 11.3 Å². The maximum absolute atomic E-state index is 9.78. The molecule has 0 heterocycles. The van der Waals surface area contributed by atoms with Gasteiger partial charge < -0.3 is 5.11 Å². The second kappa shape index (κ2) is 5.74. The minimum Gasteiger partial charge on any atom is -0.506 e. The van der Waals surface area contributed by atoms with Gasteiger partial charge in [0.2, 0.25) is 0 Å². The van der Waals surface area contributed by atoms with Crippen LogP contribution in [0.15, 0.2) is 45.9 Å². The third-order valence-electron chi connectivity index (χ3n) is 2.24. The fourth-order valence-electron chi connectivity index (χ4n) is 1.36. The summed E-state index contributed by atoms with van der Waals surface area (Å²) in [6.07, 6.45) is 1.55. The minimum atomic E-state index is 0.0116. The van der Waals surface area contributed by atoms with E-state index in [4.69, 9.17) is 23.2 Å². The zero-order chi connectivity index (χ0) is 13.1. The highest BCUT2D eigenvalue weighted by molar-refractivity contribution is 9.10. The van der Waals surface area contributed by atoms with E-state index in [1.807, 2.05) is 0 Å². The van der Waals surface area contributed by atoms with Gasteiger partial charge in [0.15, 0.2) is 0 Å². The highest BCUT2D eigenvalue weighted by atomic mass is 79.9. The van der Waals surface area contributed by atoms with Crippen molar-refractivity contribution < 1.29 is 5.11 Å². The fraction of sp³-hybridized carbons (Fsp3) is 0. The molecule has 0 unspecified atom stereocenters. The van der Waals surface area contributed by atoms with Crippen LogP contribution in [0, 0.1) is 0 Å². The molecular weight excluding hydrogens is 337 g/mol. The van der Waals surface area contributed by atoms with Gasteiger partial charge in [-0.25, -0.2) is 0 Å². The van der Waals surface area contributed by atoms with E-state index in [9.17, 15) is 5.11 Å². The molecule has 0 aliphatic rings. The summed E-state index contributed by atoms with van der Waals surface area (Å²) in [4.78, 5) is 4.24. The van der Waals surface area contributed by atoms with Gasteiger partial charge in [0.1, 0.15) is 5.75 Å². The number of phenols is 1. The van der Waals surface area contributed by atoms with Crippen LogP contribution in [0.4, 0.5) is 5.69 Å². The average molecular weight is 345 g/mol. The van der Waals surface area contributed by atoms with Crippen LogP contribution in [-0.2, 0) is 0 Å². The van der Waals surface area contributed by atoms with Crippen LogP contribution >= 0.6 is 39.1 Å². The number of hydrogen-bond acceptors (Lipinski definition) is 2. The van der Waals surface area contributed by atoms with Gasteiger partial charge in [0.05, 0.1) is 10.7 Å². The molecule has 0 saturated heterocycles. The molecule has 0 fully saturated rings. The molecule has 0 aliphatic carbocycles. The molecule has 1 N–H and O–H groups in total. The van der Waals surface area contributed by atoms with Crippen molar-refractivity contribution in [3.63, 3.8) is 0 Å². The molecule has 2 aromatic carbocycles. The molecule has 18 heavy (non-hydrogen) atoms. The quantitative estimate of drug-likeness (QED) is 0.745. The highest BCUT2D eigenvalue weighted by Crippen LogP contribution is 2.30. The van der Waals surface area contributed by atoms with Crippen molar-refractivity contribution in [2.24, 2.45) is 4.99 Å². The summed E-state index contributed by atoms with van der Waals surface area (Å²) in [5.74, 6) is 0.0116. The van der Waals surface area contributed by atoms with Crippen molar-refractivity contribution in [1.82, 2.24) is 0 Å². The van der Waals surface area contributed by atoms with Gasteiger partial charge >= 0.3 is 0 Å². The Bertz CT molecular complexity index is 597. The summed E-state index contributed by atoms with van der Waals surface area (Å²) in [7, 11) is 0. The fourth-order valence-corrected chi connectivity index (χ4v) is 2.32. The van der Waals surface area contributed by atoms with Crippen molar-refractivity contribution >= 4 is 51.0 Å². The number of aromatic hydroxyl groups is 1. The molecule has 92 valence electrons. The molecule has 5 heteroatoms. The first-order chi connectivity index (χ1) is 8.56. The van der Waals surface area contributed by atoms with Crippen LogP contribution in [0.3, 0.4) is 0 Å². The van der Waals surface area contributed by atoms with Crippen molar-refractivity contribution in [3.8, 4) is 5.75 Å². The first-order valence-electron chi connectivity index (χ1n) is 5.04. The van der Waals surface area contributed by atoms with E-state index in [-0.39, 0.29) is 10.8 Å². The Morgan fingerprint density at radius 2 is 1.78 bits per heavy atom. The zero-order valence-electron chi connectivity index (χ0n) is 9.07. The normalized spacial score (nSPS) is 11.1. The van der Waals surface area contributed by atoms with Gasteiger partial charge in [0.25, 0.3) is 0 Å². The lowest BCUT2D eigenvalue weighted by molar-refractivity contribution is 0.474. The number of aliphatic imine (C=N–C) groups is 1. The summed E-state index contributed by atoms with van der Waals surface area (Å²) in [5.41, 5.74) is 1.29. The summed E-state index contributed by atoms with van der Waals surface area (Å²) in [6.45, 7) is 0. The second-order valence-corrected chi connectivity index (χ2v) is 5.32. The number of hydrogen-bond donors (Lipinski definition) is 1. The number of halogens is 3. The van der Waals surface area contributed by atoms with Crippen molar-refractivity contribution in [1.29, 1.82) is 0 Å². The lowest BCUT2D eigenvalue weighted by atomic mass is 10.2. The van der Waals surface area contributed by atoms with Crippen LogP contribution in [0.25, 0.3) is 0 Å². The zero-order valence-corrected chi connectivity index (χ0v) is 12.2. The maximum atomic E-state index is 9.78. The largest absolute Gasteiger partial charge is 0.506 e. The highest BCUT2D eigenvalue weighted by Gasteiger charge is 2.05. The first-order valence-corrected chi connectivity index (χ1v) is 6.59. The summed E-state index contributed by atoms with van der Waals surface area (Å²) in [6, 6.07) is 10.4. The van der Waals surface area contributed by atoms with E-state index in [0.717, 1.165) is 10.2 Å². The van der Waals surface area contributed by atoms with E-state index in [0.29, 0.717) is 10.6 Å². The van der Waals surface area contributed by atoms with Crippen LogP contribution in [0.2, 0.25) is 10.0 Å². The Hall–Kier alpha value is -1.03. The summed E-state index contributed by atoms with van der Waals surface area (Å²) >= 11 is 15.0. The van der Waals surface area contributed by atoms with Crippen LogP contribution < -0.4 is 0 Å². The molecule has 0 saturated carbocycles. The lowest BCUT2D eigenvalue weighted by Gasteiger charge is -2.02. The van der Waals surface area contributed by atoms with E-state index in [1.54, 1.807) is 42.6 Å². The van der Waals surface area contributed by atoms with E-state index in [2.05, 4.69) is 20.9 Å². The Morgan fingerprint density at radius 3 is 2.44 bits per heavy atom. The predicted octanol–water partition coefficient (Wildman–Crippen LogP) is 5.21. The van der Waals surface area contributed by atoms with Gasteiger partial charge in [-0.1, -0.05) is 39.1 Å². The SMILES string of the molecule is Oc1c(Cl)cc(Br)cc1C=Nc1ccc(Cl)cc1. The molecule has 2 nitrogen and oxygen atoms in total. The third-order valence-corrected chi connectivity index (χ3v) is 3.23. The third kappa shape index (κ3) is 3.25. The number of nitrogens with zero attached hydrogens (tertiary/aromatic N) is 1. The van der Waals surface area contributed by atoms with Crippen molar-refractivity contribution in [2.45, 2.75) is 0 Å². The number of benzene rings is 2. The summed E-state index contributed by atoms with van der Waals surface area (Å²) < 4.78 is 0.780. The summed E-state index contributed by atoms with van der Waals surface area (Å²) in [5, 5.41) is 10.7. The molecule has 2 aromatic rings. The van der Waals surface area contributed by atoms with Crippen LogP contribution in [0.1, 0.15) is 5.56 Å². The molecule has 0 amide bonds. The van der Waals surface area contributed by atoms with Gasteiger partial charge in [-0.15, -0.1) is 0 Å². The molecule has 2 rings (SSSR count). The molecule has 0 aromatic heterocycles. The Labute approximate surface area is 123 Å². The Morgan fingerprint density at radius 1 is 1.11 bits per heavy atom. The Balaban J connectivity index is 2.31. The van der Waals surface area contributed by atoms with E-state index in [1.165, 1.54) is 0 Å². The topological polar surface area (TPSA) is 32.6 Å². The van der Waals surface area contributed by atoms with Gasteiger partial charge in [-0.3, -0.25) is 4.99 Å². The van der Waals surface area contributed by atoms with Crippen LogP contribution in [0.5, 0.6) is 5.75 Å². The van der Waals surface area contributed by atoms with E-state index >= 15 is 0 Å². The van der Waals surface area contributed by atoms with Crippen molar-refractivity contribution in [2.75, 3.05) is 0 Å². The molecule has 0 spiro atoms. The number of rotatable bonds is 2. The first kappa shape index (κ1) is 13.4. The molecule has 0 bridgehead atoms. The van der Waals surface area contributed by atoms with Gasteiger partial charge in [-0.2, -0.15) is 0 Å². The minimum absolute atomic E-state index is 0.0116. The standard InChI is InChI=1S/C13H8BrCl2NO/c14-9-5-8(13(18)12(16)6-9)7-17-11-3-1-10(15)2-4-11/h1-7,18H. The van der Waals surface area contributed by atoms with Gasteiger partial charge in [-0.05, 0) is 36.4 Å². The molecule has 0 aliphatic heterocycles. The Kier molecular flexibility index (Phi) is 4.27. The monoisotopic (exact) mass is 343 g/mol. The smallest absolute Gasteiger partial charge is 0.143 e. The lowest BCUT2D eigenvalue weighted by Crippen LogP contribution is -1.84. The molecular formula is C13H8BrCl2NO. The molecule has 0 atom stereocenters. The second-order valence-electron chi connectivity index (χ2n) is 3.56. The number of phenolic OH excluding ortho intramolecular Hbond substituents is 1. The van der Waals surface area contributed by atoms with Crippen molar-refractivity contribution in [3.05, 3.63) is 56.5 Å². The molecule has 0 radical (unpaired) electrons. The predicted molar refractivity (Wildman–Crippen MR) is 79.5 cm³/mol. The van der Waals surface area contributed by atoms with E-state index < -0.39 is 0 Å². The van der Waals surface area contributed by atoms with Gasteiger partial charge in [0, 0.05) is 21.3 Å². The maximum Gasteiger partial charge on any atom is 0.143 e.